The van der Waals surface area contributed by atoms with E-state index < -0.39 is 24.3 Å². The summed E-state index contributed by atoms with van der Waals surface area (Å²) in [5.41, 5.74) is 0. The van der Waals surface area contributed by atoms with Gasteiger partial charge in [0.2, 0.25) is 0 Å². The number of carbonyl (C=O) groups excluding carboxylic acids is 3. The van der Waals surface area contributed by atoms with Crippen LogP contribution in [-0.4, -0.2) is 82.3 Å². The molecule has 2 unspecified atom stereocenters. The maximum absolute atomic E-state index is 13.0. The van der Waals surface area contributed by atoms with Gasteiger partial charge in [0, 0.05) is 12.8 Å². The Balaban J connectivity index is 3.95. The zero-order valence-electron chi connectivity index (χ0n) is 70.6. The van der Waals surface area contributed by atoms with Crippen LogP contribution in [0.3, 0.4) is 0 Å². The molecule has 0 N–H and O–H groups in total. The summed E-state index contributed by atoms with van der Waals surface area (Å²) < 4.78 is 22.9. The molecule has 2 atom stereocenters. The van der Waals surface area contributed by atoms with Gasteiger partial charge in [0.25, 0.3) is 0 Å². The summed E-state index contributed by atoms with van der Waals surface area (Å²) >= 11 is 0. The van der Waals surface area contributed by atoms with Crippen molar-refractivity contribution in [3.63, 3.8) is 0 Å². The van der Waals surface area contributed by atoms with E-state index in [2.05, 4.69) is 123 Å². The third-order valence-electron chi connectivity index (χ3n) is 20.3. The van der Waals surface area contributed by atoms with E-state index in [1.165, 1.54) is 302 Å². The van der Waals surface area contributed by atoms with Gasteiger partial charge in [-0.2, -0.15) is 0 Å². The Hall–Kier alpha value is -4.05. The number of likely N-dealkylation sites (N-methyl/N-ethyl adjacent to an activating group) is 1. The summed E-state index contributed by atoms with van der Waals surface area (Å²) in [6.45, 7) is 4.69. The number of aliphatic carboxylic acids is 1. The predicted molar refractivity (Wildman–Crippen MR) is 458 cm³/mol. The van der Waals surface area contributed by atoms with Crippen LogP contribution in [0.15, 0.2) is 109 Å². The van der Waals surface area contributed by atoms with E-state index in [-0.39, 0.29) is 32.2 Å². The van der Waals surface area contributed by atoms with Gasteiger partial charge < -0.3 is 33.3 Å². The van der Waals surface area contributed by atoms with E-state index in [4.69, 9.17) is 18.9 Å². The van der Waals surface area contributed by atoms with Crippen molar-refractivity contribution in [2.75, 3.05) is 47.5 Å². The molecule has 0 rings (SSSR count). The van der Waals surface area contributed by atoms with Crippen LogP contribution in [0.25, 0.3) is 0 Å². The van der Waals surface area contributed by atoms with Gasteiger partial charge in [0.15, 0.2) is 12.4 Å². The summed E-state index contributed by atoms with van der Waals surface area (Å²) in [6, 6.07) is 0. The zero-order chi connectivity index (χ0) is 76.7. The first-order valence-electron chi connectivity index (χ1n) is 45.5. The van der Waals surface area contributed by atoms with Gasteiger partial charge in [0.05, 0.1) is 40.3 Å². The fraction of sp³-hybridized carbons (Fsp3) is 0.784. The number of ether oxygens (including phenoxy) is 4. The molecule has 9 heteroatoms. The van der Waals surface area contributed by atoms with Gasteiger partial charge in [-0.1, -0.05) is 444 Å². The minimum absolute atomic E-state index is 0.146. The second kappa shape index (κ2) is 86.5. The molecular weight excluding hydrogens is 1310 g/mol. The third kappa shape index (κ3) is 87.2. The molecule has 0 aromatic rings. The molecule has 614 valence electrons. The Labute approximate surface area is 657 Å². The zero-order valence-corrected chi connectivity index (χ0v) is 70.6. The van der Waals surface area contributed by atoms with E-state index >= 15 is 0 Å². The normalized spacial score (nSPS) is 13.1. The number of rotatable bonds is 85. The second-order valence-corrected chi connectivity index (χ2v) is 31.9. The number of carbonyl (C=O) groups is 3. The number of carboxylic acid groups (broad SMARTS) is 1. The van der Waals surface area contributed by atoms with E-state index in [0.717, 1.165) is 96.3 Å². The number of carboxylic acids is 1. The van der Waals surface area contributed by atoms with E-state index in [1.54, 1.807) is 0 Å². The molecule has 0 spiro atoms. The molecule has 106 heavy (non-hydrogen) atoms. The third-order valence-corrected chi connectivity index (χ3v) is 20.3. The van der Waals surface area contributed by atoms with Crippen molar-refractivity contribution in [1.82, 2.24) is 0 Å². The molecule has 0 aliphatic rings. The van der Waals surface area contributed by atoms with Crippen LogP contribution in [0.2, 0.25) is 0 Å². The summed E-state index contributed by atoms with van der Waals surface area (Å²) in [5, 5.41) is 11.9. The second-order valence-electron chi connectivity index (χ2n) is 31.9. The fourth-order valence-electron chi connectivity index (χ4n) is 13.4. The van der Waals surface area contributed by atoms with Gasteiger partial charge >= 0.3 is 11.9 Å². The quantitative estimate of drug-likeness (QED) is 0.0195. The van der Waals surface area contributed by atoms with Crippen molar-refractivity contribution in [1.29, 1.82) is 0 Å². The minimum atomic E-state index is -1.63. The summed E-state index contributed by atoms with van der Waals surface area (Å²) in [5.74, 6) is -2.26. The molecule has 9 nitrogen and oxygen atoms in total. The van der Waals surface area contributed by atoms with Gasteiger partial charge in [-0.25, -0.2) is 0 Å². The predicted octanol–water partition coefficient (Wildman–Crippen LogP) is 28.7. The first-order chi connectivity index (χ1) is 52.1. The van der Waals surface area contributed by atoms with Crippen molar-refractivity contribution >= 4 is 17.9 Å². The number of hydrogen-bond donors (Lipinski definition) is 0. The highest BCUT2D eigenvalue weighted by Crippen LogP contribution is 2.20. The average Bonchev–Trinajstić information content (AvgIpc) is 0.935. The number of allylic oxidation sites excluding steroid dienone is 18. The molecule has 0 fully saturated rings. The number of quaternary nitrogens is 1. The molecule has 0 aliphatic heterocycles. The number of unbranched alkanes of at least 4 members (excludes halogenated alkanes) is 52. The molecule has 0 heterocycles. The molecule has 0 aliphatic carbocycles. The molecule has 0 aromatic heterocycles. The summed E-state index contributed by atoms with van der Waals surface area (Å²) in [7, 11) is 5.95. The maximum atomic E-state index is 13.0. The van der Waals surface area contributed by atoms with Crippen LogP contribution < -0.4 is 5.11 Å². The van der Waals surface area contributed by atoms with Crippen molar-refractivity contribution in [3.8, 4) is 0 Å². The molecule has 0 amide bonds. The Morgan fingerprint density at radius 1 is 0.292 bits per heavy atom. The lowest BCUT2D eigenvalue weighted by molar-refractivity contribution is -0.870. The van der Waals surface area contributed by atoms with Gasteiger partial charge in [-0.05, 0) is 83.5 Å². The molecular formula is C97H173NO8. The average molecular weight is 1480 g/mol. The minimum Gasteiger partial charge on any atom is -0.545 e. The Kier molecular flexibility index (Phi) is 83.2. The van der Waals surface area contributed by atoms with Crippen molar-refractivity contribution in [2.24, 2.45) is 0 Å². The van der Waals surface area contributed by atoms with Crippen molar-refractivity contribution in [3.05, 3.63) is 109 Å². The van der Waals surface area contributed by atoms with E-state index in [0.29, 0.717) is 23.9 Å². The lowest BCUT2D eigenvalue weighted by Crippen LogP contribution is -2.44. The Morgan fingerprint density at radius 3 is 0.802 bits per heavy atom. The van der Waals surface area contributed by atoms with Crippen LogP contribution >= 0.6 is 0 Å². The van der Waals surface area contributed by atoms with Crippen LogP contribution in [0.5, 0.6) is 0 Å². The highest BCUT2D eigenvalue weighted by atomic mass is 16.7. The van der Waals surface area contributed by atoms with Gasteiger partial charge in [-0.3, -0.25) is 9.59 Å². The summed E-state index contributed by atoms with van der Waals surface area (Å²) in [4.78, 5) is 37.7. The largest absolute Gasteiger partial charge is 0.545 e. The van der Waals surface area contributed by atoms with Gasteiger partial charge in [-0.15, -0.1) is 0 Å². The van der Waals surface area contributed by atoms with Crippen molar-refractivity contribution in [2.45, 2.75) is 444 Å². The smallest absolute Gasteiger partial charge is 0.306 e. The maximum Gasteiger partial charge on any atom is 0.306 e. The van der Waals surface area contributed by atoms with Crippen LogP contribution in [-0.2, 0) is 33.3 Å². The molecule has 0 radical (unpaired) electrons. The Morgan fingerprint density at radius 2 is 0.538 bits per heavy atom. The van der Waals surface area contributed by atoms with E-state index in [9.17, 15) is 19.5 Å². The standard InChI is InChI=1S/C97H173NO8/c1-6-8-10-12-14-16-18-20-22-24-26-28-30-32-34-36-38-40-42-44-46-48-50-52-54-56-58-60-62-64-66-68-70-72-74-76-78-80-82-84-86-88-95(100)106-93(92-105-97(96(101)102)103-90-89-98(3,4)5)91-104-94(99)87-85-83-81-79-77-75-73-71-69-67-65-63-61-59-57-55-53-51-49-47-45-43-41-39-37-35-33-31-29-27-25-23-21-19-17-15-13-11-9-7-2/h8,10,14,16,20,22,26,28,32,34,38,40,44,46,50,52,56,58,93,97H,6-7,9,11-13,15,17-19,21,23-25,27,29-31,33,35-37,39,41-43,45,47-49,51,53-55,57,59-92H2,1-5H3/b10-8-,16-14-,22-20-,28-26-,34-32-,40-38-,46-44-,52-50-,58-56-. The first-order valence-corrected chi connectivity index (χ1v) is 45.5. The highest BCUT2D eigenvalue weighted by molar-refractivity contribution is 5.70. The fourth-order valence-corrected chi connectivity index (χ4v) is 13.4. The molecule has 0 bridgehead atoms. The molecule has 0 saturated heterocycles. The molecule has 0 saturated carbocycles. The lowest BCUT2D eigenvalue weighted by Gasteiger charge is -2.26. The summed E-state index contributed by atoms with van der Waals surface area (Å²) in [6.07, 6.45) is 120. The number of hydrogen-bond acceptors (Lipinski definition) is 8. The van der Waals surface area contributed by atoms with Crippen LogP contribution in [0.4, 0.5) is 0 Å². The van der Waals surface area contributed by atoms with Crippen LogP contribution in [0, 0.1) is 0 Å². The van der Waals surface area contributed by atoms with Crippen molar-refractivity contribution < 1.29 is 42.9 Å². The highest BCUT2D eigenvalue weighted by Gasteiger charge is 2.22. The Bertz CT molecular complexity index is 2130. The first kappa shape index (κ1) is 102. The van der Waals surface area contributed by atoms with E-state index in [1.807, 2.05) is 21.1 Å². The number of nitrogens with zero attached hydrogens (tertiary/aromatic N) is 1. The van der Waals surface area contributed by atoms with Gasteiger partial charge in [0.1, 0.15) is 13.2 Å². The van der Waals surface area contributed by atoms with Crippen LogP contribution in [0.1, 0.15) is 431 Å². The SMILES string of the molecule is CC/C=C\C/C=C\C/C=C\C/C=C\C/C=C\C/C=C\C/C=C\C/C=C\C/C=C\CCCCCCCCCCCCCCCC(=O)OC(COC(=O)CCCCCCCCCCCCCCCCCCCCCCCCCCCCCCCCCCCCCCCCCC)COC(OCC[N+](C)(C)C)C(=O)[O-]. The number of esters is 2. The topological polar surface area (TPSA) is 111 Å². The monoisotopic (exact) mass is 1480 g/mol. The molecule has 0 aromatic carbocycles. The lowest BCUT2D eigenvalue weighted by atomic mass is 10.0.